The van der Waals surface area contributed by atoms with Crippen molar-refractivity contribution in [3.8, 4) is 0 Å². The number of carbonyl (C=O) groups is 3. The van der Waals surface area contributed by atoms with Crippen molar-refractivity contribution in [2.24, 2.45) is 0 Å². The van der Waals surface area contributed by atoms with Crippen molar-refractivity contribution in [1.82, 2.24) is 0 Å². The molecule has 0 aromatic heterocycles. The van der Waals surface area contributed by atoms with Crippen molar-refractivity contribution in [2.75, 3.05) is 13.2 Å². The Balaban J connectivity index is 4.47. The fourth-order valence-electron chi connectivity index (χ4n) is 7.73. The zero-order chi connectivity index (χ0) is 50.0. The molecule has 0 aromatic carbocycles. The van der Waals surface area contributed by atoms with Crippen molar-refractivity contribution in [3.05, 3.63) is 97.2 Å². The summed E-state index contributed by atoms with van der Waals surface area (Å²) in [5.41, 5.74) is 0. The van der Waals surface area contributed by atoms with E-state index < -0.39 is 6.10 Å². The van der Waals surface area contributed by atoms with Gasteiger partial charge in [-0.1, -0.05) is 221 Å². The first-order valence-corrected chi connectivity index (χ1v) is 28.7. The summed E-state index contributed by atoms with van der Waals surface area (Å²) in [6, 6.07) is 0. The molecule has 0 saturated carbocycles. The number of allylic oxidation sites excluding steroid dienone is 16. The van der Waals surface area contributed by atoms with Crippen LogP contribution in [0.1, 0.15) is 265 Å². The highest BCUT2D eigenvalue weighted by atomic mass is 16.6. The first-order chi connectivity index (χ1) is 34.0. The molecule has 0 radical (unpaired) electrons. The molecule has 6 nitrogen and oxygen atoms in total. The van der Waals surface area contributed by atoms with Crippen LogP contribution >= 0.6 is 0 Å². The maximum absolute atomic E-state index is 12.8. The van der Waals surface area contributed by atoms with Gasteiger partial charge in [0.2, 0.25) is 0 Å². The molecule has 1 atom stereocenters. The molecule has 6 heteroatoms. The molecule has 394 valence electrons. The molecule has 69 heavy (non-hydrogen) atoms. The predicted molar refractivity (Wildman–Crippen MR) is 297 cm³/mol. The van der Waals surface area contributed by atoms with Gasteiger partial charge in [0.1, 0.15) is 13.2 Å². The third-order valence-electron chi connectivity index (χ3n) is 12.0. The normalized spacial score (nSPS) is 12.8. The average Bonchev–Trinajstić information content (AvgIpc) is 3.35. The van der Waals surface area contributed by atoms with Crippen LogP contribution in [-0.4, -0.2) is 37.2 Å². The smallest absolute Gasteiger partial charge is 0.306 e. The molecule has 0 heterocycles. The Hall–Kier alpha value is -3.67. The molecule has 0 fully saturated rings. The van der Waals surface area contributed by atoms with Gasteiger partial charge < -0.3 is 14.2 Å². The van der Waals surface area contributed by atoms with Gasteiger partial charge in [-0.25, -0.2) is 0 Å². The lowest BCUT2D eigenvalue weighted by molar-refractivity contribution is -0.167. The highest BCUT2D eigenvalue weighted by Gasteiger charge is 2.19. The van der Waals surface area contributed by atoms with Crippen molar-refractivity contribution >= 4 is 17.9 Å². The maximum atomic E-state index is 12.8. The zero-order valence-electron chi connectivity index (χ0n) is 45.0. The summed E-state index contributed by atoms with van der Waals surface area (Å²) in [4.78, 5) is 38.2. The zero-order valence-corrected chi connectivity index (χ0v) is 45.0. The second kappa shape index (κ2) is 56.9. The minimum Gasteiger partial charge on any atom is -0.462 e. The Bertz CT molecular complexity index is 1380. The van der Waals surface area contributed by atoms with Crippen molar-refractivity contribution in [2.45, 2.75) is 271 Å². The Morgan fingerprint density at radius 2 is 0.565 bits per heavy atom. The van der Waals surface area contributed by atoms with Gasteiger partial charge in [-0.2, -0.15) is 0 Å². The van der Waals surface area contributed by atoms with E-state index in [9.17, 15) is 14.4 Å². The molecule has 0 rings (SSSR count). The lowest BCUT2D eigenvalue weighted by Gasteiger charge is -2.18. The Morgan fingerprint density at radius 1 is 0.304 bits per heavy atom. The van der Waals surface area contributed by atoms with Gasteiger partial charge in [0.05, 0.1) is 0 Å². The topological polar surface area (TPSA) is 78.9 Å². The summed E-state index contributed by atoms with van der Waals surface area (Å²) >= 11 is 0. The van der Waals surface area contributed by atoms with E-state index in [1.54, 1.807) is 0 Å². The van der Waals surface area contributed by atoms with E-state index >= 15 is 0 Å². The lowest BCUT2D eigenvalue weighted by Crippen LogP contribution is -2.30. The van der Waals surface area contributed by atoms with E-state index in [1.807, 2.05) is 0 Å². The van der Waals surface area contributed by atoms with Crippen LogP contribution < -0.4 is 0 Å². The summed E-state index contributed by atoms with van der Waals surface area (Å²) in [5.74, 6) is -0.948. The van der Waals surface area contributed by atoms with Crippen molar-refractivity contribution < 1.29 is 28.6 Å². The van der Waals surface area contributed by atoms with E-state index in [-0.39, 0.29) is 31.1 Å². The molecular weight excluding hydrogens is 853 g/mol. The molecule has 0 spiro atoms. The van der Waals surface area contributed by atoms with Crippen LogP contribution in [0.4, 0.5) is 0 Å². The van der Waals surface area contributed by atoms with E-state index in [2.05, 4.69) is 118 Å². The van der Waals surface area contributed by atoms with Gasteiger partial charge in [-0.15, -0.1) is 0 Å². The van der Waals surface area contributed by atoms with Crippen LogP contribution in [-0.2, 0) is 28.6 Å². The van der Waals surface area contributed by atoms with Crippen molar-refractivity contribution in [3.63, 3.8) is 0 Å². The van der Waals surface area contributed by atoms with Gasteiger partial charge in [0.15, 0.2) is 6.10 Å². The van der Waals surface area contributed by atoms with Crippen LogP contribution in [0.2, 0.25) is 0 Å². The summed E-state index contributed by atoms with van der Waals surface area (Å²) in [5, 5.41) is 0. The van der Waals surface area contributed by atoms with Gasteiger partial charge in [0.25, 0.3) is 0 Å². The third-order valence-corrected chi connectivity index (χ3v) is 12.0. The highest BCUT2D eigenvalue weighted by Crippen LogP contribution is 2.14. The Kier molecular flexibility index (Phi) is 53.9. The molecule has 0 aliphatic heterocycles. The molecule has 0 aliphatic rings. The van der Waals surface area contributed by atoms with Gasteiger partial charge in [-0.3, -0.25) is 14.4 Å². The lowest BCUT2D eigenvalue weighted by atomic mass is 10.1. The fourth-order valence-corrected chi connectivity index (χ4v) is 7.73. The van der Waals surface area contributed by atoms with Crippen LogP contribution in [0.3, 0.4) is 0 Å². The van der Waals surface area contributed by atoms with Gasteiger partial charge >= 0.3 is 17.9 Å². The molecule has 0 aromatic rings. The summed E-state index contributed by atoms with van der Waals surface area (Å²) in [6.07, 6.45) is 75.3. The fraction of sp³-hybridized carbons (Fsp3) is 0.698. The molecule has 0 aliphatic carbocycles. The minimum absolute atomic E-state index is 0.0977. The number of ether oxygens (including phenoxy) is 3. The average molecular weight is 960 g/mol. The Labute approximate surface area is 426 Å². The van der Waals surface area contributed by atoms with Crippen LogP contribution in [0, 0.1) is 0 Å². The maximum Gasteiger partial charge on any atom is 0.306 e. The second-order valence-electron chi connectivity index (χ2n) is 18.8. The summed E-state index contributed by atoms with van der Waals surface area (Å²) in [7, 11) is 0. The van der Waals surface area contributed by atoms with Crippen molar-refractivity contribution in [1.29, 1.82) is 0 Å². The van der Waals surface area contributed by atoms with Crippen LogP contribution in [0.5, 0.6) is 0 Å². The second-order valence-corrected chi connectivity index (χ2v) is 18.8. The third kappa shape index (κ3) is 55.1. The summed E-state index contributed by atoms with van der Waals surface area (Å²) < 4.78 is 16.8. The van der Waals surface area contributed by atoms with E-state index in [4.69, 9.17) is 14.2 Å². The monoisotopic (exact) mass is 959 g/mol. The number of esters is 3. The predicted octanol–water partition coefficient (Wildman–Crippen LogP) is 19.3. The quantitative estimate of drug-likeness (QED) is 0.0262. The molecule has 0 N–H and O–H groups in total. The molecule has 0 saturated heterocycles. The van der Waals surface area contributed by atoms with Crippen LogP contribution in [0.15, 0.2) is 97.2 Å². The van der Waals surface area contributed by atoms with E-state index in [1.165, 1.54) is 103 Å². The molecule has 0 unspecified atom stereocenters. The highest BCUT2D eigenvalue weighted by molar-refractivity contribution is 5.71. The van der Waals surface area contributed by atoms with Crippen LogP contribution in [0.25, 0.3) is 0 Å². The molecule has 0 amide bonds. The first kappa shape index (κ1) is 65.3. The number of carbonyl (C=O) groups excluding carboxylic acids is 3. The van der Waals surface area contributed by atoms with Gasteiger partial charge in [-0.05, 0) is 122 Å². The number of unbranched alkanes of at least 4 members (excludes halogenated alkanes) is 24. The Morgan fingerprint density at radius 3 is 0.942 bits per heavy atom. The van der Waals surface area contributed by atoms with E-state index in [0.717, 1.165) is 122 Å². The van der Waals surface area contributed by atoms with Gasteiger partial charge in [0, 0.05) is 19.3 Å². The number of hydrogen-bond acceptors (Lipinski definition) is 6. The molecular formula is C63H106O6. The minimum atomic E-state index is -0.803. The first-order valence-electron chi connectivity index (χ1n) is 28.7. The molecule has 0 bridgehead atoms. The standard InChI is InChI=1S/C63H106O6/c1-4-7-10-13-16-19-22-25-28-30-31-33-36-38-41-44-47-50-53-56-62(65)68-59-60(69-63(66)57-54-51-48-45-42-39-34-27-24-21-18-15-12-9-6-3)58-67-61(64)55-52-49-46-43-40-37-35-32-29-26-23-20-17-14-11-8-5-2/h9,12,16,18-19,21,25-29,31,33-34,38,41,60H,4-8,10-11,13-15,17,20,22-24,30,32,35-37,39-40,42-59H2,1-3H3/b12-9-,19-16-,21-18-,28-25-,29-26-,33-31-,34-27-,41-38-/t60-/m0/s1. The van der Waals surface area contributed by atoms with E-state index in [0.29, 0.717) is 19.3 Å². The SMILES string of the molecule is CC/C=C\C/C=C\C/C=C\CCCCCCCC(=O)O[C@H](COC(=O)CCCCC/C=C\C/C=C\C/C=C\C/C=C\CCCCC)COC(=O)CCCCCCCCC/C=C\CCCCCCCC. The largest absolute Gasteiger partial charge is 0.462 e. The summed E-state index contributed by atoms with van der Waals surface area (Å²) in [6.45, 7) is 6.46. The number of hydrogen-bond donors (Lipinski definition) is 0. The number of rotatable bonds is 51.